The molecule has 22 heavy (non-hydrogen) atoms. The smallest absolute Gasteiger partial charge is 0.271 e. The van der Waals surface area contributed by atoms with Crippen molar-refractivity contribution in [3.8, 4) is 5.75 Å². The number of hydrogen-bond acceptors (Lipinski definition) is 3. The second kappa shape index (κ2) is 7.98. The maximum absolute atomic E-state index is 11.9. The summed E-state index contributed by atoms with van der Waals surface area (Å²) in [6, 6.07) is 16.6. The molecule has 0 fully saturated rings. The van der Waals surface area contributed by atoms with Crippen LogP contribution in [0.15, 0.2) is 59.7 Å². The number of hydrogen-bond donors (Lipinski definition) is 1. The van der Waals surface area contributed by atoms with Crippen molar-refractivity contribution in [3.63, 3.8) is 0 Å². The number of hydrazone groups is 1. The van der Waals surface area contributed by atoms with Crippen LogP contribution in [-0.2, 0) is 0 Å². The van der Waals surface area contributed by atoms with Gasteiger partial charge in [0, 0.05) is 11.1 Å². The Bertz CT molecular complexity index is 639. The number of nitrogens with one attached hydrogen (secondary N) is 1. The van der Waals surface area contributed by atoms with Crippen molar-refractivity contribution in [1.29, 1.82) is 0 Å². The summed E-state index contributed by atoms with van der Waals surface area (Å²) < 4.78 is 5.83. The zero-order chi connectivity index (χ0) is 15.8. The highest BCUT2D eigenvalue weighted by molar-refractivity contribution is 5.95. The van der Waals surface area contributed by atoms with Crippen molar-refractivity contribution in [3.05, 3.63) is 65.7 Å². The highest BCUT2D eigenvalue weighted by Gasteiger charge is 2.05. The molecule has 2 rings (SSSR count). The third kappa shape index (κ3) is 4.45. The van der Waals surface area contributed by atoms with Gasteiger partial charge in [-0.1, -0.05) is 37.3 Å². The summed E-state index contributed by atoms with van der Waals surface area (Å²) >= 11 is 0. The van der Waals surface area contributed by atoms with Crippen LogP contribution in [0, 0.1) is 0 Å². The fraction of sp³-hybridized carbons (Fsp3) is 0.222. The fourth-order valence-corrected chi connectivity index (χ4v) is 1.81. The van der Waals surface area contributed by atoms with E-state index < -0.39 is 0 Å². The average Bonchev–Trinajstić information content (AvgIpc) is 2.57. The normalized spacial score (nSPS) is 12.1. The molecule has 0 unspecified atom stereocenters. The molecule has 0 bridgehead atoms. The highest BCUT2D eigenvalue weighted by atomic mass is 16.5. The van der Waals surface area contributed by atoms with Gasteiger partial charge < -0.3 is 4.74 Å². The molecule has 1 atom stereocenters. The van der Waals surface area contributed by atoms with E-state index in [1.165, 1.54) is 0 Å². The summed E-state index contributed by atoms with van der Waals surface area (Å²) in [6.07, 6.45) is 2.66. The lowest BCUT2D eigenvalue weighted by Crippen LogP contribution is -2.17. The Labute approximate surface area is 130 Å². The van der Waals surface area contributed by atoms with E-state index in [2.05, 4.69) is 17.5 Å². The summed E-state index contributed by atoms with van der Waals surface area (Å²) in [5, 5.41) is 4.01. The number of carbonyl (C=O) groups is 1. The Balaban J connectivity index is 2.03. The van der Waals surface area contributed by atoms with Crippen LogP contribution in [0.25, 0.3) is 0 Å². The molecule has 1 amide bonds. The Kier molecular flexibility index (Phi) is 5.72. The molecular weight excluding hydrogens is 276 g/mol. The SMILES string of the molecule is CC[C@H](C)Oc1ccccc1/C=N\NC(=O)c1ccccc1. The highest BCUT2D eigenvalue weighted by Crippen LogP contribution is 2.18. The Morgan fingerprint density at radius 1 is 1.18 bits per heavy atom. The molecule has 0 saturated heterocycles. The summed E-state index contributed by atoms with van der Waals surface area (Å²) in [5.41, 5.74) is 3.92. The first-order chi connectivity index (χ1) is 10.7. The predicted molar refractivity (Wildman–Crippen MR) is 88.3 cm³/mol. The lowest BCUT2D eigenvalue weighted by atomic mass is 10.2. The van der Waals surface area contributed by atoms with E-state index in [0.717, 1.165) is 17.7 Å². The van der Waals surface area contributed by atoms with Gasteiger partial charge >= 0.3 is 0 Å². The Hall–Kier alpha value is -2.62. The summed E-state index contributed by atoms with van der Waals surface area (Å²) in [5.74, 6) is 0.520. The second-order valence-electron chi connectivity index (χ2n) is 4.94. The van der Waals surface area contributed by atoms with Gasteiger partial charge in [0.15, 0.2) is 0 Å². The largest absolute Gasteiger partial charge is 0.490 e. The first-order valence-corrected chi connectivity index (χ1v) is 7.35. The molecule has 0 heterocycles. The standard InChI is InChI=1S/C18H20N2O2/c1-3-14(2)22-17-12-8-7-11-16(17)13-19-20-18(21)15-9-5-4-6-10-15/h4-14H,3H2,1-2H3,(H,20,21)/b19-13-/t14-/m0/s1. The lowest BCUT2D eigenvalue weighted by molar-refractivity contribution is 0.0955. The van der Waals surface area contributed by atoms with Crippen molar-refractivity contribution in [2.45, 2.75) is 26.4 Å². The first-order valence-electron chi connectivity index (χ1n) is 7.35. The van der Waals surface area contributed by atoms with Gasteiger partial charge in [-0.05, 0) is 37.6 Å². The van der Waals surface area contributed by atoms with Crippen LogP contribution < -0.4 is 10.2 Å². The fourth-order valence-electron chi connectivity index (χ4n) is 1.81. The molecule has 2 aromatic rings. The zero-order valence-corrected chi connectivity index (χ0v) is 12.8. The van der Waals surface area contributed by atoms with E-state index in [9.17, 15) is 4.79 Å². The third-order valence-electron chi connectivity index (χ3n) is 3.23. The summed E-state index contributed by atoms with van der Waals surface area (Å²) in [6.45, 7) is 4.09. The molecule has 0 spiro atoms. The molecule has 0 aliphatic heterocycles. The van der Waals surface area contributed by atoms with Crippen molar-refractivity contribution < 1.29 is 9.53 Å². The van der Waals surface area contributed by atoms with E-state index in [0.29, 0.717) is 5.56 Å². The van der Waals surface area contributed by atoms with Crippen molar-refractivity contribution >= 4 is 12.1 Å². The van der Waals surface area contributed by atoms with Gasteiger partial charge in [0.25, 0.3) is 5.91 Å². The van der Waals surface area contributed by atoms with E-state index in [1.54, 1.807) is 18.3 Å². The van der Waals surface area contributed by atoms with Crippen LogP contribution in [0.4, 0.5) is 0 Å². The van der Waals surface area contributed by atoms with Gasteiger partial charge in [-0.25, -0.2) is 5.43 Å². The Morgan fingerprint density at radius 2 is 1.86 bits per heavy atom. The molecule has 0 aliphatic carbocycles. The number of amides is 1. The zero-order valence-electron chi connectivity index (χ0n) is 12.8. The maximum Gasteiger partial charge on any atom is 0.271 e. The molecule has 4 nitrogen and oxygen atoms in total. The topological polar surface area (TPSA) is 50.7 Å². The van der Waals surface area contributed by atoms with Gasteiger partial charge in [-0.3, -0.25) is 4.79 Å². The first kappa shape index (κ1) is 15.8. The number of benzene rings is 2. The third-order valence-corrected chi connectivity index (χ3v) is 3.23. The molecule has 2 aromatic carbocycles. The quantitative estimate of drug-likeness (QED) is 0.653. The molecule has 0 radical (unpaired) electrons. The number of rotatable bonds is 6. The maximum atomic E-state index is 11.9. The van der Waals surface area contributed by atoms with E-state index >= 15 is 0 Å². The van der Waals surface area contributed by atoms with Gasteiger partial charge in [0.2, 0.25) is 0 Å². The Morgan fingerprint density at radius 3 is 2.59 bits per heavy atom. The minimum atomic E-state index is -0.239. The minimum Gasteiger partial charge on any atom is -0.490 e. The molecule has 0 saturated carbocycles. The van der Waals surface area contributed by atoms with Gasteiger partial charge in [0.05, 0.1) is 12.3 Å². The van der Waals surface area contributed by atoms with Crippen LogP contribution in [0.3, 0.4) is 0 Å². The van der Waals surface area contributed by atoms with Crippen LogP contribution in [0.1, 0.15) is 36.2 Å². The van der Waals surface area contributed by atoms with E-state index in [1.807, 2.05) is 49.4 Å². The molecule has 4 heteroatoms. The van der Waals surface area contributed by atoms with Gasteiger partial charge in [-0.2, -0.15) is 5.10 Å². The van der Waals surface area contributed by atoms with Crippen LogP contribution in [0.2, 0.25) is 0 Å². The predicted octanol–water partition coefficient (Wildman–Crippen LogP) is 3.63. The monoisotopic (exact) mass is 296 g/mol. The van der Waals surface area contributed by atoms with E-state index in [-0.39, 0.29) is 12.0 Å². The summed E-state index contributed by atoms with van der Waals surface area (Å²) in [7, 11) is 0. The van der Waals surface area contributed by atoms with Crippen LogP contribution >= 0.6 is 0 Å². The van der Waals surface area contributed by atoms with E-state index in [4.69, 9.17) is 4.74 Å². The van der Waals surface area contributed by atoms with Crippen molar-refractivity contribution in [2.24, 2.45) is 5.10 Å². The van der Waals surface area contributed by atoms with Crippen LogP contribution in [0.5, 0.6) is 5.75 Å². The number of nitrogens with zero attached hydrogens (tertiary/aromatic N) is 1. The molecule has 0 aliphatic rings. The number of ether oxygens (including phenoxy) is 1. The second-order valence-corrected chi connectivity index (χ2v) is 4.94. The molecular formula is C18H20N2O2. The van der Waals surface area contributed by atoms with Gasteiger partial charge in [-0.15, -0.1) is 0 Å². The van der Waals surface area contributed by atoms with Gasteiger partial charge in [0.1, 0.15) is 5.75 Å². The van der Waals surface area contributed by atoms with Crippen LogP contribution in [-0.4, -0.2) is 18.2 Å². The average molecular weight is 296 g/mol. The van der Waals surface area contributed by atoms with Crippen molar-refractivity contribution in [2.75, 3.05) is 0 Å². The molecule has 0 aromatic heterocycles. The molecule has 1 N–H and O–H groups in total. The number of para-hydroxylation sites is 1. The van der Waals surface area contributed by atoms with Crippen molar-refractivity contribution in [1.82, 2.24) is 5.43 Å². The summed E-state index contributed by atoms with van der Waals surface area (Å²) in [4.78, 5) is 11.9. The molecule has 114 valence electrons. The minimum absolute atomic E-state index is 0.133. The number of carbonyl (C=O) groups excluding carboxylic acids is 1. The lowest BCUT2D eigenvalue weighted by Gasteiger charge is -2.14.